The van der Waals surface area contributed by atoms with Gasteiger partial charge in [-0.15, -0.1) is 0 Å². The molecule has 0 aliphatic carbocycles. The first kappa shape index (κ1) is 13.1. The van der Waals surface area contributed by atoms with Gasteiger partial charge < -0.3 is 5.32 Å². The number of anilines is 1. The molecule has 2 nitrogen and oxygen atoms in total. The van der Waals surface area contributed by atoms with E-state index < -0.39 is 11.6 Å². The molecule has 0 unspecified atom stereocenters. The summed E-state index contributed by atoms with van der Waals surface area (Å²) in [4.78, 5) is 4.45. The van der Waals surface area contributed by atoms with Crippen molar-refractivity contribution in [2.24, 2.45) is 4.99 Å². The van der Waals surface area contributed by atoms with Gasteiger partial charge in [-0.2, -0.15) is 0 Å². The van der Waals surface area contributed by atoms with Gasteiger partial charge in [0.2, 0.25) is 0 Å². The fourth-order valence-electron chi connectivity index (χ4n) is 2.22. The van der Waals surface area contributed by atoms with Gasteiger partial charge in [-0.3, -0.25) is 4.99 Å². The van der Waals surface area contributed by atoms with Crippen molar-refractivity contribution < 1.29 is 8.78 Å². The number of hydrogen-bond donors (Lipinski definition) is 1. The molecule has 0 saturated heterocycles. The Morgan fingerprint density at radius 3 is 2.60 bits per heavy atom. The second-order valence-electron chi connectivity index (χ2n) is 4.45. The van der Waals surface area contributed by atoms with E-state index in [0.717, 1.165) is 12.1 Å². The molecule has 2 aromatic carbocycles. The fourth-order valence-corrected chi connectivity index (χ4v) is 2.44. The van der Waals surface area contributed by atoms with Crippen molar-refractivity contribution in [1.82, 2.24) is 0 Å². The zero-order valence-corrected chi connectivity index (χ0v) is 11.2. The van der Waals surface area contributed by atoms with Crippen LogP contribution in [0.4, 0.5) is 14.5 Å². The molecular weight excluding hydrogens is 282 g/mol. The van der Waals surface area contributed by atoms with E-state index in [1.165, 1.54) is 0 Å². The summed E-state index contributed by atoms with van der Waals surface area (Å²) in [7, 11) is 0. The summed E-state index contributed by atoms with van der Waals surface area (Å²) in [5, 5.41) is 3.58. The SMILES string of the molecule is Fc1cc2c(cc1F)C(c1ccccc1Cl)=NCCN2. The molecule has 1 aliphatic heterocycles. The van der Waals surface area contributed by atoms with Gasteiger partial charge in [-0.25, -0.2) is 8.78 Å². The summed E-state index contributed by atoms with van der Waals surface area (Å²) in [6.07, 6.45) is 0. The van der Waals surface area contributed by atoms with Gasteiger partial charge in [-0.05, 0) is 12.1 Å². The van der Waals surface area contributed by atoms with Crippen LogP contribution in [0.3, 0.4) is 0 Å². The van der Waals surface area contributed by atoms with E-state index in [1.54, 1.807) is 6.07 Å². The van der Waals surface area contributed by atoms with Gasteiger partial charge in [0.1, 0.15) is 0 Å². The predicted molar refractivity (Wildman–Crippen MR) is 76.8 cm³/mol. The van der Waals surface area contributed by atoms with Crippen molar-refractivity contribution in [1.29, 1.82) is 0 Å². The van der Waals surface area contributed by atoms with Crippen LogP contribution < -0.4 is 5.32 Å². The van der Waals surface area contributed by atoms with E-state index in [2.05, 4.69) is 10.3 Å². The molecule has 0 saturated carbocycles. The van der Waals surface area contributed by atoms with Crippen molar-refractivity contribution in [3.8, 4) is 0 Å². The Kier molecular flexibility index (Phi) is 3.40. The molecule has 3 rings (SSSR count). The average Bonchev–Trinajstić information content (AvgIpc) is 2.63. The van der Waals surface area contributed by atoms with E-state index in [1.807, 2.05) is 18.2 Å². The first-order valence-corrected chi connectivity index (χ1v) is 6.57. The predicted octanol–water partition coefficient (Wildman–Crippen LogP) is 3.88. The van der Waals surface area contributed by atoms with E-state index >= 15 is 0 Å². The zero-order valence-electron chi connectivity index (χ0n) is 10.5. The molecule has 0 atom stereocenters. The Morgan fingerprint density at radius 2 is 1.80 bits per heavy atom. The highest BCUT2D eigenvalue weighted by molar-refractivity contribution is 6.35. The average molecular weight is 293 g/mol. The van der Waals surface area contributed by atoms with E-state index in [0.29, 0.717) is 40.6 Å². The Balaban J connectivity index is 2.21. The van der Waals surface area contributed by atoms with Crippen molar-refractivity contribution in [2.75, 3.05) is 18.4 Å². The molecule has 5 heteroatoms. The highest BCUT2D eigenvalue weighted by atomic mass is 35.5. The second-order valence-corrected chi connectivity index (χ2v) is 4.86. The molecule has 0 radical (unpaired) electrons. The Labute approximate surface area is 120 Å². The van der Waals surface area contributed by atoms with Crippen molar-refractivity contribution >= 4 is 23.0 Å². The normalized spacial score (nSPS) is 14.1. The maximum Gasteiger partial charge on any atom is 0.160 e. The highest BCUT2D eigenvalue weighted by Crippen LogP contribution is 2.27. The van der Waals surface area contributed by atoms with Crippen LogP contribution >= 0.6 is 11.6 Å². The quantitative estimate of drug-likeness (QED) is 0.847. The minimum atomic E-state index is -0.896. The molecule has 2 aromatic rings. The molecule has 0 fully saturated rings. The minimum absolute atomic E-state index is 0.512. The minimum Gasteiger partial charge on any atom is -0.383 e. The lowest BCUT2D eigenvalue weighted by Crippen LogP contribution is -2.07. The van der Waals surface area contributed by atoms with Crippen LogP contribution in [0.5, 0.6) is 0 Å². The van der Waals surface area contributed by atoms with Crippen LogP contribution in [0.25, 0.3) is 0 Å². The van der Waals surface area contributed by atoms with Gasteiger partial charge in [0, 0.05) is 34.4 Å². The molecule has 0 bridgehead atoms. The van der Waals surface area contributed by atoms with E-state index in [-0.39, 0.29) is 0 Å². The molecule has 1 aliphatic rings. The van der Waals surface area contributed by atoms with Crippen LogP contribution in [0.15, 0.2) is 41.4 Å². The van der Waals surface area contributed by atoms with Crippen LogP contribution in [-0.4, -0.2) is 18.8 Å². The topological polar surface area (TPSA) is 24.4 Å². The first-order valence-electron chi connectivity index (χ1n) is 6.19. The summed E-state index contributed by atoms with van der Waals surface area (Å²) in [5.74, 6) is -1.77. The number of nitrogens with zero attached hydrogens (tertiary/aromatic N) is 1. The number of aliphatic imine (C=N–C) groups is 1. The third-order valence-corrected chi connectivity index (χ3v) is 3.47. The van der Waals surface area contributed by atoms with Crippen molar-refractivity contribution in [3.05, 3.63) is 64.2 Å². The maximum absolute atomic E-state index is 13.5. The summed E-state index contributed by atoms with van der Waals surface area (Å²) in [6.45, 7) is 1.07. The number of nitrogens with one attached hydrogen (secondary N) is 1. The van der Waals surface area contributed by atoms with Gasteiger partial charge in [0.05, 0.1) is 12.3 Å². The first-order chi connectivity index (χ1) is 9.66. The summed E-state index contributed by atoms with van der Waals surface area (Å²) < 4.78 is 26.9. The molecule has 1 heterocycles. The van der Waals surface area contributed by atoms with Crippen molar-refractivity contribution in [3.63, 3.8) is 0 Å². The standard InChI is InChI=1S/C15H11ClF2N2/c16-11-4-2-1-3-9(11)15-10-7-12(17)13(18)8-14(10)19-5-6-20-15/h1-4,7-8,19H,5-6H2. The number of halogens is 3. The Bertz CT molecular complexity index is 698. The van der Waals surface area contributed by atoms with Crippen LogP contribution in [-0.2, 0) is 0 Å². The highest BCUT2D eigenvalue weighted by Gasteiger charge is 2.19. The molecule has 102 valence electrons. The fraction of sp³-hybridized carbons (Fsp3) is 0.133. The van der Waals surface area contributed by atoms with E-state index in [4.69, 9.17) is 11.6 Å². The summed E-state index contributed by atoms with van der Waals surface area (Å²) in [5.41, 5.74) is 2.34. The lowest BCUT2D eigenvalue weighted by atomic mass is 10.00. The molecule has 0 amide bonds. The maximum atomic E-state index is 13.5. The molecule has 0 aromatic heterocycles. The van der Waals surface area contributed by atoms with Crippen LogP contribution in [0.1, 0.15) is 11.1 Å². The van der Waals surface area contributed by atoms with Gasteiger partial charge in [-0.1, -0.05) is 29.8 Å². The monoisotopic (exact) mass is 292 g/mol. The summed E-state index contributed by atoms with van der Waals surface area (Å²) >= 11 is 6.18. The second kappa shape index (κ2) is 5.21. The number of benzodiazepines with no additional fused rings is 1. The number of hydrogen-bond acceptors (Lipinski definition) is 2. The van der Waals surface area contributed by atoms with Crippen LogP contribution in [0.2, 0.25) is 5.02 Å². The van der Waals surface area contributed by atoms with E-state index in [9.17, 15) is 8.78 Å². The Morgan fingerprint density at radius 1 is 1.05 bits per heavy atom. The van der Waals surface area contributed by atoms with Gasteiger partial charge in [0.25, 0.3) is 0 Å². The van der Waals surface area contributed by atoms with Crippen LogP contribution in [0, 0.1) is 11.6 Å². The number of rotatable bonds is 1. The molecule has 20 heavy (non-hydrogen) atoms. The Hall–Kier alpha value is -1.94. The number of fused-ring (bicyclic) bond motifs is 1. The van der Waals surface area contributed by atoms with Gasteiger partial charge in [0.15, 0.2) is 11.6 Å². The molecule has 1 N–H and O–H groups in total. The number of benzene rings is 2. The smallest absolute Gasteiger partial charge is 0.160 e. The van der Waals surface area contributed by atoms with Gasteiger partial charge >= 0.3 is 0 Å². The molecule has 0 spiro atoms. The zero-order chi connectivity index (χ0) is 14.1. The van der Waals surface area contributed by atoms with Crippen molar-refractivity contribution in [2.45, 2.75) is 0 Å². The third-order valence-electron chi connectivity index (χ3n) is 3.14. The lowest BCUT2D eigenvalue weighted by Gasteiger charge is -2.12. The molecular formula is C15H11ClF2N2. The largest absolute Gasteiger partial charge is 0.383 e. The third kappa shape index (κ3) is 2.27. The lowest BCUT2D eigenvalue weighted by molar-refractivity contribution is 0.509. The summed E-state index contributed by atoms with van der Waals surface area (Å²) in [6, 6.07) is 9.53.